The molecule has 0 unspecified atom stereocenters. The molecule has 1 fully saturated rings. The Bertz CT molecular complexity index is 1030. The number of halogens is 1. The van der Waals surface area contributed by atoms with Crippen molar-refractivity contribution in [3.8, 4) is 0 Å². The van der Waals surface area contributed by atoms with Crippen LogP contribution in [0.4, 0.5) is 10.1 Å². The van der Waals surface area contributed by atoms with Gasteiger partial charge >= 0.3 is 0 Å². The van der Waals surface area contributed by atoms with Crippen molar-refractivity contribution in [3.63, 3.8) is 0 Å². The monoisotopic (exact) mass is 388 g/mol. The van der Waals surface area contributed by atoms with Gasteiger partial charge in [0.2, 0.25) is 0 Å². The van der Waals surface area contributed by atoms with Crippen LogP contribution in [0, 0.1) is 5.82 Å². The molecule has 2 amide bonds. The smallest absolute Gasteiger partial charge is 0.255 e. The standard InChI is InChI=1S/C24H21FN2O2/c25-20-11-9-17(10-12-20)23(29)27-21-8-4-5-18(15-21)22(28)26-16-24(13-14-24)19-6-2-1-3-7-19/h1-12,15H,13-14,16H2,(H,26,28)(H,27,29). The summed E-state index contributed by atoms with van der Waals surface area (Å²) in [6, 6.07) is 22.3. The molecule has 0 saturated heterocycles. The van der Waals surface area contributed by atoms with E-state index in [2.05, 4.69) is 22.8 Å². The largest absolute Gasteiger partial charge is 0.351 e. The summed E-state index contributed by atoms with van der Waals surface area (Å²) in [5.41, 5.74) is 2.62. The topological polar surface area (TPSA) is 58.2 Å². The van der Waals surface area contributed by atoms with Gasteiger partial charge in [-0.25, -0.2) is 4.39 Å². The quantitative estimate of drug-likeness (QED) is 0.651. The van der Waals surface area contributed by atoms with E-state index in [-0.39, 0.29) is 17.2 Å². The van der Waals surface area contributed by atoms with E-state index >= 15 is 0 Å². The van der Waals surface area contributed by atoms with Gasteiger partial charge in [-0.05, 0) is 60.9 Å². The Labute approximate surface area is 168 Å². The predicted molar refractivity (Wildman–Crippen MR) is 110 cm³/mol. The number of nitrogens with one attached hydrogen (secondary N) is 2. The number of carbonyl (C=O) groups is 2. The summed E-state index contributed by atoms with van der Waals surface area (Å²) in [6.45, 7) is 0.585. The molecule has 3 aromatic rings. The molecule has 1 aliphatic carbocycles. The van der Waals surface area contributed by atoms with E-state index in [0.717, 1.165) is 12.8 Å². The highest BCUT2D eigenvalue weighted by Crippen LogP contribution is 2.47. The van der Waals surface area contributed by atoms with Crippen LogP contribution in [0.3, 0.4) is 0 Å². The van der Waals surface area contributed by atoms with Crippen LogP contribution in [0.1, 0.15) is 39.1 Å². The van der Waals surface area contributed by atoms with E-state index in [0.29, 0.717) is 23.4 Å². The molecule has 146 valence electrons. The number of benzene rings is 3. The molecule has 1 saturated carbocycles. The van der Waals surface area contributed by atoms with Gasteiger partial charge in [-0.1, -0.05) is 36.4 Å². The number of hydrogen-bond donors (Lipinski definition) is 2. The maximum atomic E-state index is 13.0. The maximum absolute atomic E-state index is 13.0. The molecule has 4 nitrogen and oxygen atoms in total. The molecule has 1 aliphatic rings. The van der Waals surface area contributed by atoms with Crippen LogP contribution in [-0.4, -0.2) is 18.4 Å². The Kier molecular flexibility index (Phi) is 5.12. The van der Waals surface area contributed by atoms with Gasteiger partial charge in [0.15, 0.2) is 0 Å². The molecule has 0 aliphatic heterocycles. The minimum Gasteiger partial charge on any atom is -0.351 e. The van der Waals surface area contributed by atoms with Crippen molar-refractivity contribution >= 4 is 17.5 Å². The second-order valence-corrected chi connectivity index (χ2v) is 7.37. The number of rotatable bonds is 6. The van der Waals surface area contributed by atoms with Crippen molar-refractivity contribution in [2.24, 2.45) is 0 Å². The lowest BCUT2D eigenvalue weighted by Gasteiger charge is -2.17. The maximum Gasteiger partial charge on any atom is 0.255 e. The summed E-state index contributed by atoms with van der Waals surface area (Å²) in [5, 5.41) is 5.77. The van der Waals surface area contributed by atoms with Gasteiger partial charge in [0.05, 0.1) is 0 Å². The van der Waals surface area contributed by atoms with Crippen LogP contribution in [0.5, 0.6) is 0 Å². The third-order valence-corrected chi connectivity index (χ3v) is 5.32. The van der Waals surface area contributed by atoms with Crippen molar-refractivity contribution in [1.82, 2.24) is 5.32 Å². The third-order valence-electron chi connectivity index (χ3n) is 5.32. The van der Waals surface area contributed by atoms with E-state index in [1.54, 1.807) is 24.3 Å². The summed E-state index contributed by atoms with van der Waals surface area (Å²) in [6.07, 6.45) is 2.12. The van der Waals surface area contributed by atoms with E-state index in [1.807, 2.05) is 18.2 Å². The van der Waals surface area contributed by atoms with Gasteiger partial charge in [-0.2, -0.15) is 0 Å². The number of anilines is 1. The van der Waals surface area contributed by atoms with Crippen molar-refractivity contribution in [2.45, 2.75) is 18.3 Å². The molecule has 4 rings (SSSR count). The molecular formula is C24H21FN2O2. The molecule has 0 bridgehead atoms. The SMILES string of the molecule is O=C(NCC1(c2ccccc2)CC1)c1cccc(NC(=O)c2ccc(F)cc2)c1. The molecular weight excluding hydrogens is 367 g/mol. The average molecular weight is 388 g/mol. The lowest BCUT2D eigenvalue weighted by molar-refractivity contribution is 0.0948. The summed E-state index contributed by atoms with van der Waals surface area (Å²) in [5.74, 6) is -0.933. The van der Waals surface area contributed by atoms with Crippen LogP contribution in [-0.2, 0) is 5.41 Å². The Hall–Kier alpha value is -3.47. The number of amides is 2. The van der Waals surface area contributed by atoms with Crippen molar-refractivity contribution in [3.05, 3.63) is 101 Å². The van der Waals surface area contributed by atoms with Crippen LogP contribution >= 0.6 is 0 Å². The first-order valence-corrected chi connectivity index (χ1v) is 9.56. The molecule has 29 heavy (non-hydrogen) atoms. The Balaban J connectivity index is 1.40. The molecule has 0 aromatic heterocycles. The van der Waals surface area contributed by atoms with Crippen LogP contribution < -0.4 is 10.6 Å². The van der Waals surface area contributed by atoms with Crippen molar-refractivity contribution in [1.29, 1.82) is 0 Å². The van der Waals surface area contributed by atoms with E-state index < -0.39 is 5.82 Å². The van der Waals surface area contributed by atoms with Gasteiger partial charge in [-0.15, -0.1) is 0 Å². The minimum atomic E-state index is -0.399. The summed E-state index contributed by atoms with van der Waals surface area (Å²) < 4.78 is 13.0. The lowest BCUT2D eigenvalue weighted by atomic mass is 9.96. The fraction of sp³-hybridized carbons (Fsp3) is 0.167. The van der Waals surface area contributed by atoms with Crippen LogP contribution in [0.25, 0.3) is 0 Å². The van der Waals surface area contributed by atoms with Gasteiger partial charge in [-0.3, -0.25) is 9.59 Å². The average Bonchev–Trinajstić information content (AvgIpc) is 3.54. The molecule has 0 spiro atoms. The van der Waals surface area contributed by atoms with Crippen LogP contribution in [0.15, 0.2) is 78.9 Å². The first kappa shape index (κ1) is 18.9. The summed E-state index contributed by atoms with van der Waals surface area (Å²) >= 11 is 0. The van der Waals surface area contributed by atoms with Crippen molar-refractivity contribution < 1.29 is 14.0 Å². The fourth-order valence-electron chi connectivity index (χ4n) is 3.40. The predicted octanol–water partition coefficient (Wildman–Crippen LogP) is 4.54. The Morgan fingerprint density at radius 3 is 2.24 bits per heavy atom. The van der Waals surface area contributed by atoms with Gasteiger partial charge in [0.1, 0.15) is 5.82 Å². The minimum absolute atomic E-state index is 0.0331. The van der Waals surface area contributed by atoms with Gasteiger partial charge < -0.3 is 10.6 Å². The zero-order valence-corrected chi connectivity index (χ0v) is 15.8. The first-order chi connectivity index (χ1) is 14.1. The van der Waals surface area contributed by atoms with Crippen LogP contribution in [0.2, 0.25) is 0 Å². The molecule has 0 radical (unpaired) electrons. The molecule has 0 atom stereocenters. The first-order valence-electron chi connectivity index (χ1n) is 9.56. The molecule has 3 aromatic carbocycles. The van der Waals surface area contributed by atoms with Crippen molar-refractivity contribution in [2.75, 3.05) is 11.9 Å². The van der Waals surface area contributed by atoms with E-state index in [4.69, 9.17) is 0 Å². The second kappa shape index (κ2) is 7.87. The summed E-state index contributed by atoms with van der Waals surface area (Å²) in [4.78, 5) is 24.9. The Morgan fingerprint density at radius 1 is 0.828 bits per heavy atom. The van der Waals surface area contributed by atoms with E-state index in [9.17, 15) is 14.0 Å². The van der Waals surface area contributed by atoms with E-state index in [1.165, 1.54) is 29.8 Å². The summed E-state index contributed by atoms with van der Waals surface area (Å²) in [7, 11) is 0. The van der Waals surface area contributed by atoms with Gasteiger partial charge in [0.25, 0.3) is 11.8 Å². The zero-order valence-electron chi connectivity index (χ0n) is 15.8. The second-order valence-electron chi connectivity index (χ2n) is 7.37. The molecule has 5 heteroatoms. The molecule has 0 heterocycles. The highest BCUT2D eigenvalue weighted by atomic mass is 19.1. The highest BCUT2D eigenvalue weighted by molar-refractivity contribution is 6.05. The lowest BCUT2D eigenvalue weighted by Crippen LogP contribution is -2.32. The fourth-order valence-corrected chi connectivity index (χ4v) is 3.40. The number of carbonyl (C=O) groups excluding carboxylic acids is 2. The third kappa shape index (κ3) is 4.35. The molecule has 2 N–H and O–H groups in total. The van der Waals surface area contributed by atoms with Gasteiger partial charge in [0, 0.05) is 28.8 Å². The highest BCUT2D eigenvalue weighted by Gasteiger charge is 2.44. The Morgan fingerprint density at radius 2 is 1.55 bits per heavy atom. The number of hydrogen-bond acceptors (Lipinski definition) is 2. The normalized spacial score (nSPS) is 14.1. The zero-order chi connectivity index (χ0) is 20.3.